The number of rotatable bonds is 15. The molecule has 3 aliphatic rings. The molecular formula is C47H81N5O4. The highest BCUT2D eigenvalue weighted by Crippen LogP contribution is 2.45. The first-order chi connectivity index (χ1) is 26.0. The molecule has 4 rings (SSSR count). The van der Waals surface area contributed by atoms with E-state index in [0.29, 0.717) is 36.6 Å². The van der Waals surface area contributed by atoms with Crippen molar-refractivity contribution < 1.29 is 19.0 Å². The number of hydrogen-bond acceptors (Lipinski definition) is 9. The molecule has 0 saturated carbocycles. The zero-order valence-electron chi connectivity index (χ0n) is 37.1. The molecule has 2 saturated heterocycles. The largest absolute Gasteiger partial charge is 0.503 e. The van der Waals surface area contributed by atoms with Crippen LogP contribution in [0.3, 0.4) is 0 Å². The summed E-state index contributed by atoms with van der Waals surface area (Å²) < 4.78 is 16.4. The Bertz CT molecular complexity index is 1450. The minimum atomic E-state index is -0.0610. The van der Waals surface area contributed by atoms with E-state index in [0.717, 1.165) is 69.7 Å². The number of benzene rings is 1. The lowest BCUT2D eigenvalue weighted by Crippen LogP contribution is -2.47. The monoisotopic (exact) mass is 780 g/mol. The standard InChI is InChI=1S/C28H42N4O3.C13H23NO.C5H12.CH4/c1-23-25-6-4-7-27(26(25)20-32(23)22-35-18-5-13-29)31-16-11-28(12-17-31)9-14-30(15-10-28)24(21-34-3)8-19-33-2;1-7-11(3)13(5,9-14-6)12(4)10(2)8-15;1-5(2,3)4;/h4,6-7,21,23H,5,8-12,14-20,22H2,1-3H3;7-8,14H,9H2,1-6H3;1-4H3;1H4/b24-21-;11-7+,12-10-;;. The highest BCUT2D eigenvalue weighted by atomic mass is 16.5. The summed E-state index contributed by atoms with van der Waals surface area (Å²) in [5.41, 5.74) is 9.72. The Labute approximate surface area is 343 Å². The van der Waals surface area contributed by atoms with Crippen LogP contribution in [0, 0.1) is 27.6 Å². The number of nitriles is 1. The summed E-state index contributed by atoms with van der Waals surface area (Å²) in [6, 6.07) is 9.30. The third-order valence-corrected chi connectivity index (χ3v) is 11.8. The van der Waals surface area contributed by atoms with Crippen LogP contribution in [0.15, 0.2) is 53.0 Å². The molecule has 318 valence electrons. The van der Waals surface area contributed by atoms with Gasteiger partial charge in [0.15, 0.2) is 0 Å². The van der Waals surface area contributed by atoms with E-state index in [1.54, 1.807) is 14.2 Å². The third-order valence-electron chi connectivity index (χ3n) is 11.8. The van der Waals surface area contributed by atoms with Crippen LogP contribution in [0.4, 0.5) is 5.69 Å². The molecule has 9 heteroatoms. The first kappa shape index (κ1) is 50.9. The van der Waals surface area contributed by atoms with Crippen LogP contribution in [0.25, 0.3) is 0 Å². The number of anilines is 1. The average Bonchev–Trinajstić information content (AvgIpc) is 3.49. The van der Waals surface area contributed by atoms with Gasteiger partial charge in [0.05, 0.1) is 45.2 Å². The van der Waals surface area contributed by atoms with E-state index in [-0.39, 0.29) is 12.8 Å². The summed E-state index contributed by atoms with van der Waals surface area (Å²) in [5, 5.41) is 11.9. The Morgan fingerprint density at radius 1 is 1.02 bits per heavy atom. The average molecular weight is 780 g/mol. The van der Waals surface area contributed by atoms with E-state index in [1.807, 2.05) is 34.1 Å². The Balaban J connectivity index is 0.000000624. The smallest absolute Gasteiger partial charge is 0.145 e. The predicted molar refractivity (Wildman–Crippen MR) is 235 cm³/mol. The van der Waals surface area contributed by atoms with Gasteiger partial charge in [-0.15, -0.1) is 0 Å². The van der Waals surface area contributed by atoms with Crippen molar-refractivity contribution in [3.63, 3.8) is 0 Å². The predicted octanol–water partition coefficient (Wildman–Crippen LogP) is 10.1. The second-order valence-corrected chi connectivity index (χ2v) is 17.5. The molecule has 9 nitrogen and oxygen atoms in total. The molecule has 56 heavy (non-hydrogen) atoms. The lowest BCUT2D eigenvalue weighted by Gasteiger charge is -2.48. The molecule has 2 atom stereocenters. The fraction of sp³-hybridized carbons (Fsp3) is 0.702. The summed E-state index contributed by atoms with van der Waals surface area (Å²) in [7, 11) is 5.43. The molecule has 0 aromatic heterocycles. The minimum absolute atomic E-state index is 0. The number of carbonyl (C=O) groups excluding carboxylic acids is 1. The van der Waals surface area contributed by atoms with Gasteiger partial charge in [-0.1, -0.05) is 71.4 Å². The van der Waals surface area contributed by atoms with Crippen molar-refractivity contribution in [2.45, 2.75) is 128 Å². The maximum absolute atomic E-state index is 10.8. The number of carbonyl (C=O) groups is 1. The second-order valence-electron chi connectivity index (χ2n) is 17.5. The van der Waals surface area contributed by atoms with Crippen LogP contribution in [0.5, 0.6) is 0 Å². The van der Waals surface area contributed by atoms with Crippen molar-refractivity contribution in [1.82, 2.24) is 15.1 Å². The van der Waals surface area contributed by atoms with E-state index in [9.17, 15) is 4.79 Å². The Morgan fingerprint density at radius 2 is 1.62 bits per heavy atom. The molecule has 0 amide bonds. The van der Waals surface area contributed by atoms with Crippen LogP contribution in [-0.2, 0) is 25.5 Å². The number of likely N-dealkylation sites (tertiary alicyclic amines) is 1. The van der Waals surface area contributed by atoms with Crippen molar-refractivity contribution in [3.05, 3.63) is 64.1 Å². The van der Waals surface area contributed by atoms with E-state index in [1.165, 1.54) is 53.8 Å². The molecule has 1 N–H and O–H groups in total. The van der Waals surface area contributed by atoms with Gasteiger partial charge in [0.25, 0.3) is 0 Å². The van der Waals surface area contributed by atoms with E-state index >= 15 is 0 Å². The quantitative estimate of drug-likeness (QED) is 0.0614. The van der Waals surface area contributed by atoms with Gasteiger partial charge in [-0.3, -0.25) is 9.69 Å². The van der Waals surface area contributed by atoms with Gasteiger partial charge in [0.2, 0.25) is 0 Å². The fourth-order valence-corrected chi connectivity index (χ4v) is 7.83. The second kappa shape index (κ2) is 24.6. The molecule has 1 spiro atoms. The van der Waals surface area contributed by atoms with E-state index in [4.69, 9.17) is 19.5 Å². The van der Waals surface area contributed by atoms with Crippen molar-refractivity contribution in [1.29, 1.82) is 5.26 Å². The van der Waals surface area contributed by atoms with Crippen LogP contribution in [0.2, 0.25) is 0 Å². The normalized spacial score (nSPS) is 19.9. The number of methoxy groups -OCH3 is 2. The summed E-state index contributed by atoms with van der Waals surface area (Å²) in [6.45, 7) is 29.3. The highest BCUT2D eigenvalue weighted by Gasteiger charge is 2.39. The van der Waals surface area contributed by atoms with Gasteiger partial charge in [-0.25, -0.2) is 0 Å². The zero-order valence-corrected chi connectivity index (χ0v) is 37.1. The number of ether oxygens (including phenoxy) is 3. The number of nitrogens with zero attached hydrogens (tertiary/aromatic N) is 4. The molecular weight excluding hydrogens is 699 g/mol. The summed E-state index contributed by atoms with van der Waals surface area (Å²) in [5.74, 6) is 0. The lowest BCUT2D eigenvalue weighted by atomic mass is 9.71. The number of aldehydes is 1. The lowest BCUT2D eigenvalue weighted by molar-refractivity contribution is -0.105. The molecule has 2 unspecified atom stereocenters. The maximum Gasteiger partial charge on any atom is 0.145 e. The van der Waals surface area contributed by atoms with Gasteiger partial charge >= 0.3 is 0 Å². The Morgan fingerprint density at radius 3 is 2.14 bits per heavy atom. The van der Waals surface area contributed by atoms with Gasteiger partial charge in [-0.2, -0.15) is 5.26 Å². The fourth-order valence-electron chi connectivity index (χ4n) is 7.83. The molecule has 3 aliphatic heterocycles. The van der Waals surface area contributed by atoms with Crippen molar-refractivity contribution in [2.24, 2.45) is 16.2 Å². The molecule has 0 aliphatic carbocycles. The van der Waals surface area contributed by atoms with Crippen LogP contribution in [0.1, 0.15) is 132 Å². The number of fused-ring (bicyclic) bond motifs is 1. The summed E-state index contributed by atoms with van der Waals surface area (Å²) >= 11 is 0. The van der Waals surface area contributed by atoms with Gasteiger partial charge in [0.1, 0.15) is 12.5 Å². The molecule has 0 radical (unpaired) electrons. The van der Waals surface area contributed by atoms with Gasteiger partial charge < -0.3 is 29.3 Å². The molecule has 0 bridgehead atoms. The molecule has 1 aromatic rings. The first-order valence-corrected chi connectivity index (χ1v) is 20.5. The molecule has 3 heterocycles. The van der Waals surface area contributed by atoms with Crippen LogP contribution in [-0.4, -0.2) is 90.0 Å². The van der Waals surface area contributed by atoms with Crippen LogP contribution >= 0.6 is 0 Å². The van der Waals surface area contributed by atoms with Crippen molar-refractivity contribution >= 4 is 12.0 Å². The minimum Gasteiger partial charge on any atom is -0.503 e. The third kappa shape index (κ3) is 15.0. The Kier molecular flexibility index (Phi) is 22.3. The van der Waals surface area contributed by atoms with Gasteiger partial charge in [0, 0.05) is 69.9 Å². The van der Waals surface area contributed by atoms with Crippen LogP contribution < -0.4 is 10.2 Å². The van der Waals surface area contributed by atoms with Crippen molar-refractivity contribution in [2.75, 3.05) is 78.8 Å². The zero-order chi connectivity index (χ0) is 41.2. The van der Waals surface area contributed by atoms with E-state index < -0.39 is 0 Å². The molecule has 1 aromatic carbocycles. The first-order valence-electron chi connectivity index (χ1n) is 20.5. The number of hydrogen-bond donors (Lipinski definition) is 1. The summed E-state index contributed by atoms with van der Waals surface area (Å²) in [6.07, 6.45) is 11.3. The number of nitrogens with one attached hydrogen (secondary N) is 1. The van der Waals surface area contributed by atoms with Gasteiger partial charge in [-0.05, 0) is 101 Å². The maximum atomic E-state index is 10.8. The Hall–Kier alpha value is -3.16. The highest BCUT2D eigenvalue weighted by molar-refractivity contribution is 5.74. The SMILES string of the molecule is C.C/C=C(\C)C(C)(CNC)/C(C)=C(/C)C=O.CC(C)(C)C.CO/C=C(/CCOC)N1CCC2(CC1)CCN(c1cccc3c1CN(COCCC#N)C3C)CC2. The number of piperidine rings is 2. The topological polar surface area (TPSA) is 90.3 Å². The van der Waals surface area contributed by atoms with Crippen molar-refractivity contribution in [3.8, 4) is 6.07 Å². The molecule has 2 fully saturated rings. The van der Waals surface area contributed by atoms with E-state index in [2.05, 4.69) is 98.8 Å². The number of allylic oxidation sites excluding steroid dienone is 2. The summed E-state index contributed by atoms with van der Waals surface area (Å²) in [4.78, 5) is 18.3.